The number of ether oxygens (including phenoxy) is 1. The van der Waals surface area contributed by atoms with Gasteiger partial charge >= 0.3 is 6.18 Å². The minimum Gasteiger partial charge on any atom is -0.477 e. The molecular formula is C15H16F3N3O. The maximum absolute atomic E-state index is 13.0. The first kappa shape index (κ1) is 16.1. The van der Waals surface area contributed by atoms with Gasteiger partial charge in [0.25, 0.3) is 0 Å². The number of hydrogen-bond acceptors (Lipinski definition) is 4. The van der Waals surface area contributed by atoms with Crippen molar-refractivity contribution >= 4 is 11.6 Å². The first-order valence-electron chi connectivity index (χ1n) is 6.75. The number of rotatable bonds is 5. The van der Waals surface area contributed by atoms with Crippen LogP contribution in [0, 0.1) is 5.92 Å². The van der Waals surface area contributed by atoms with Crippen LogP contribution in [0.25, 0.3) is 0 Å². The average Bonchev–Trinajstić information content (AvgIpc) is 2.45. The second-order valence-electron chi connectivity index (χ2n) is 5.11. The standard InChI is InChI=1S/C15H16F3N3O/c1-10(2)9-22-13-12(15(16,17)18)8-19-14(21-13)20-11-6-4-3-5-7-11/h3-8,10H,9H2,1-2H3,(H,19,20,21). The van der Waals surface area contributed by atoms with Crippen molar-refractivity contribution in [3.63, 3.8) is 0 Å². The summed E-state index contributed by atoms with van der Waals surface area (Å²) in [4.78, 5) is 7.55. The van der Waals surface area contributed by atoms with E-state index in [1.54, 1.807) is 24.3 Å². The summed E-state index contributed by atoms with van der Waals surface area (Å²) in [6, 6.07) is 8.94. The summed E-state index contributed by atoms with van der Waals surface area (Å²) < 4.78 is 44.0. The van der Waals surface area contributed by atoms with Crippen molar-refractivity contribution in [1.82, 2.24) is 9.97 Å². The number of anilines is 2. The van der Waals surface area contributed by atoms with E-state index in [-0.39, 0.29) is 18.5 Å². The van der Waals surface area contributed by atoms with Crippen LogP contribution in [0.5, 0.6) is 5.88 Å². The lowest BCUT2D eigenvalue weighted by Crippen LogP contribution is -2.14. The molecule has 7 heteroatoms. The van der Waals surface area contributed by atoms with Gasteiger partial charge < -0.3 is 10.1 Å². The molecule has 1 heterocycles. The van der Waals surface area contributed by atoms with Crippen molar-refractivity contribution in [2.24, 2.45) is 5.92 Å². The maximum Gasteiger partial charge on any atom is 0.423 e. The summed E-state index contributed by atoms with van der Waals surface area (Å²) in [6.07, 6.45) is -3.83. The van der Waals surface area contributed by atoms with Gasteiger partial charge in [0.1, 0.15) is 5.56 Å². The molecule has 0 spiro atoms. The van der Waals surface area contributed by atoms with Gasteiger partial charge in [0.15, 0.2) is 0 Å². The van der Waals surface area contributed by atoms with Crippen LogP contribution in [0.15, 0.2) is 36.5 Å². The molecule has 0 amide bonds. The lowest BCUT2D eigenvalue weighted by atomic mass is 10.2. The number of hydrogen-bond donors (Lipinski definition) is 1. The summed E-state index contributed by atoms with van der Waals surface area (Å²) >= 11 is 0. The molecule has 0 saturated carbocycles. The highest BCUT2D eigenvalue weighted by Gasteiger charge is 2.36. The molecule has 4 nitrogen and oxygen atoms in total. The monoisotopic (exact) mass is 311 g/mol. The van der Waals surface area contributed by atoms with Gasteiger partial charge in [0, 0.05) is 11.9 Å². The quantitative estimate of drug-likeness (QED) is 0.895. The lowest BCUT2D eigenvalue weighted by Gasteiger charge is -2.15. The Morgan fingerprint density at radius 1 is 1.18 bits per heavy atom. The van der Waals surface area contributed by atoms with Gasteiger partial charge in [-0.15, -0.1) is 0 Å². The van der Waals surface area contributed by atoms with Crippen LogP contribution >= 0.6 is 0 Å². The average molecular weight is 311 g/mol. The van der Waals surface area contributed by atoms with Crippen molar-refractivity contribution < 1.29 is 17.9 Å². The third-order valence-electron chi connectivity index (χ3n) is 2.64. The number of nitrogens with one attached hydrogen (secondary N) is 1. The van der Waals surface area contributed by atoms with Crippen LogP contribution in [0.4, 0.5) is 24.8 Å². The number of halogens is 3. The Bertz CT molecular complexity index is 615. The van der Waals surface area contributed by atoms with E-state index in [0.717, 1.165) is 6.20 Å². The zero-order chi connectivity index (χ0) is 16.2. The molecule has 0 saturated heterocycles. The molecule has 0 bridgehead atoms. The number of alkyl halides is 3. The fourth-order valence-electron chi connectivity index (χ4n) is 1.63. The van der Waals surface area contributed by atoms with Crippen LogP contribution in [0.3, 0.4) is 0 Å². The summed E-state index contributed by atoms with van der Waals surface area (Å²) in [6.45, 7) is 3.83. The van der Waals surface area contributed by atoms with E-state index in [1.165, 1.54) is 0 Å². The molecule has 1 N–H and O–H groups in total. The van der Waals surface area contributed by atoms with E-state index in [4.69, 9.17) is 4.74 Å². The normalized spacial score (nSPS) is 11.5. The Kier molecular flexibility index (Phi) is 4.85. The van der Waals surface area contributed by atoms with Crippen LogP contribution in [-0.2, 0) is 6.18 Å². The predicted octanol–water partition coefficient (Wildman–Crippen LogP) is 4.27. The Hall–Kier alpha value is -2.31. The summed E-state index contributed by atoms with van der Waals surface area (Å²) in [5.74, 6) is -0.325. The highest BCUT2D eigenvalue weighted by Crippen LogP contribution is 2.35. The Labute approximate surface area is 126 Å². The molecule has 118 valence electrons. The molecule has 0 aliphatic heterocycles. The minimum absolute atomic E-state index is 0.0537. The smallest absolute Gasteiger partial charge is 0.423 e. The topological polar surface area (TPSA) is 47.0 Å². The fourth-order valence-corrected chi connectivity index (χ4v) is 1.63. The summed E-state index contributed by atoms with van der Waals surface area (Å²) in [5, 5.41) is 2.84. The second kappa shape index (κ2) is 6.64. The van der Waals surface area contributed by atoms with Gasteiger partial charge in [-0.2, -0.15) is 18.2 Å². The zero-order valence-electron chi connectivity index (χ0n) is 12.2. The van der Waals surface area contributed by atoms with Gasteiger partial charge in [0.05, 0.1) is 6.61 Å². The largest absolute Gasteiger partial charge is 0.477 e. The van der Waals surface area contributed by atoms with Crippen LogP contribution < -0.4 is 10.1 Å². The predicted molar refractivity (Wildman–Crippen MR) is 77.1 cm³/mol. The van der Waals surface area contributed by atoms with Crippen molar-refractivity contribution in [2.45, 2.75) is 20.0 Å². The van der Waals surface area contributed by atoms with Crippen molar-refractivity contribution in [2.75, 3.05) is 11.9 Å². The maximum atomic E-state index is 13.0. The summed E-state index contributed by atoms with van der Waals surface area (Å²) in [7, 11) is 0. The minimum atomic E-state index is -4.56. The number of benzene rings is 1. The second-order valence-corrected chi connectivity index (χ2v) is 5.11. The molecule has 1 aromatic carbocycles. The Morgan fingerprint density at radius 2 is 1.86 bits per heavy atom. The number of aromatic nitrogens is 2. The van der Waals surface area contributed by atoms with Gasteiger partial charge in [-0.25, -0.2) is 4.98 Å². The van der Waals surface area contributed by atoms with Gasteiger partial charge in [-0.1, -0.05) is 32.0 Å². The van der Waals surface area contributed by atoms with Gasteiger partial charge in [0.2, 0.25) is 11.8 Å². The third kappa shape index (κ3) is 4.34. The highest BCUT2D eigenvalue weighted by molar-refractivity contribution is 5.53. The molecule has 0 radical (unpaired) electrons. The summed E-state index contributed by atoms with van der Waals surface area (Å²) in [5.41, 5.74) is -0.302. The Morgan fingerprint density at radius 3 is 2.45 bits per heavy atom. The Balaban J connectivity index is 2.28. The highest BCUT2D eigenvalue weighted by atomic mass is 19.4. The van der Waals surface area contributed by atoms with Gasteiger partial charge in [-0.05, 0) is 18.1 Å². The van der Waals surface area contributed by atoms with E-state index >= 15 is 0 Å². The van der Waals surface area contributed by atoms with Crippen molar-refractivity contribution in [3.8, 4) is 5.88 Å². The van der Waals surface area contributed by atoms with E-state index in [9.17, 15) is 13.2 Å². The van der Waals surface area contributed by atoms with E-state index in [2.05, 4.69) is 15.3 Å². The number of para-hydroxylation sites is 1. The fraction of sp³-hybridized carbons (Fsp3) is 0.333. The van der Waals surface area contributed by atoms with Crippen molar-refractivity contribution in [3.05, 3.63) is 42.1 Å². The van der Waals surface area contributed by atoms with Crippen molar-refractivity contribution in [1.29, 1.82) is 0 Å². The molecule has 0 atom stereocenters. The molecule has 0 unspecified atom stereocenters. The van der Waals surface area contributed by atoms with Crippen LogP contribution in [0.1, 0.15) is 19.4 Å². The van der Waals surface area contributed by atoms with E-state index < -0.39 is 17.6 Å². The molecule has 0 aliphatic carbocycles. The zero-order valence-corrected chi connectivity index (χ0v) is 12.2. The van der Waals surface area contributed by atoms with Gasteiger partial charge in [-0.3, -0.25) is 0 Å². The molecule has 2 rings (SSSR count). The lowest BCUT2D eigenvalue weighted by molar-refractivity contribution is -0.139. The molecule has 0 aliphatic rings. The SMILES string of the molecule is CC(C)COc1nc(Nc2ccccc2)ncc1C(F)(F)F. The van der Waals surface area contributed by atoms with Crippen LogP contribution in [-0.4, -0.2) is 16.6 Å². The molecule has 2 aromatic rings. The molecular weight excluding hydrogens is 295 g/mol. The van der Waals surface area contributed by atoms with E-state index in [0.29, 0.717) is 5.69 Å². The molecule has 1 aromatic heterocycles. The molecule has 22 heavy (non-hydrogen) atoms. The first-order valence-corrected chi connectivity index (χ1v) is 6.75. The molecule has 0 fully saturated rings. The third-order valence-corrected chi connectivity index (χ3v) is 2.64. The first-order chi connectivity index (χ1) is 10.4. The number of nitrogens with zero attached hydrogens (tertiary/aromatic N) is 2. The van der Waals surface area contributed by atoms with E-state index in [1.807, 2.05) is 19.9 Å². The van der Waals surface area contributed by atoms with Crippen LogP contribution in [0.2, 0.25) is 0 Å².